The average Bonchev–Trinajstić information content (AvgIpc) is 2.71. The van der Waals surface area contributed by atoms with Crippen LogP contribution in [-0.4, -0.2) is 49.7 Å². The Hall–Kier alpha value is -0.320. The highest BCUT2D eigenvalue weighted by molar-refractivity contribution is 5.85. The normalized spacial score (nSPS) is 27.1. The summed E-state index contributed by atoms with van der Waals surface area (Å²) in [7, 11) is 0. The maximum Gasteiger partial charge on any atom is 0.251 e. The van der Waals surface area contributed by atoms with Crippen LogP contribution in [0.5, 0.6) is 0 Å². The van der Waals surface area contributed by atoms with Gasteiger partial charge in [-0.2, -0.15) is 0 Å². The highest BCUT2D eigenvalue weighted by Crippen LogP contribution is 2.14. The number of amides is 1. The third-order valence-corrected chi connectivity index (χ3v) is 2.63. The van der Waals surface area contributed by atoms with Gasteiger partial charge in [0.25, 0.3) is 5.91 Å². The lowest BCUT2D eigenvalue weighted by molar-refractivity contribution is -0.141. The van der Waals surface area contributed by atoms with Crippen LogP contribution in [0.25, 0.3) is 0 Å². The largest absolute Gasteiger partial charge is 0.368 e. The first kappa shape index (κ1) is 11.8. The van der Waals surface area contributed by atoms with Crippen molar-refractivity contribution in [2.75, 3.05) is 32.8 Å². The van der Waals surface area contributed by atoms with E-state index in [0.29, 0.717) is 0 Å². The van der Waals surface area contributed by atoms with E-state index < -0.39 is 0 Å². The summed E-state index contributed by atoms with van der Waals surface area (Å²) in [6.07, 6.45) is 1.80. The molecule has 0 radical (unpaired) electrons. The van der Waals surface area contributed by atoms with Gasteiger partial charge in [0.05, 0.1) is 0 Å². The van der Waals surface area contributed by atoms with Crippen molar-refractivity contribution in [1.82, 2.24) is 10.2 Å². The van der Waals surface area contributed by atoms with Gasteiger partial charge in [0.1, 0.15) is 6.10 Å². The Balaban J connectivity index is 0.000000980. The molecular formula is C9H17ClN2O2. The first-order valence-electron chi connectivity index (χ1n) is 4.99. The van der Waals surface area contributed by atoms with E-state index in [-0.39, 0.29) is 24.4 Å². The fraction of sp³-hybridized carbons (Fsp3) is 0.889. The van der Waals surface area contributed by atoms with Gasteiger partial charge in [-0.15, -0.1) is 12.4 Å². The van der Waals surface area contributed by atoms with Crippen molar-refractivity contribution >= 4 is 18.3 Å². The number of carbonyl (C=O) groups excluding carboxylic acids is 1. The minimum absolute atomic E-state index is 0. The molecule has 4 nitrogen and oxygen atoms in total. The molecule has 0 spiro atoms. The van der Waals surface area contributed by atoms with Gasteiger partial charge in [0, 0.05) is 32.8 Å². The molecule has 2 saturated heterocycles. The van der Waals surface area contributed by atoms with Gasteiger partial charge in [0.2, 0.25) is 0 Å². The summed E-state index contributed by atoms with van der Waals surface area (Å²) in [5.74, 6) is 0.194. The van der Waals surface area contributed by atoms with E-state index in [4.69, 9.17) is 4.74 Å². The topological polar surface area (TPSA) is 41.6 Å². The zero-order valence-electron chi connectivity index (χ0n) is 8.20. The SMILES string of the molecule is Cl.O=C([C@H]1CCCO1)N1CCNCC1. The van der Waals surface area contributed by atoms with E-state index in [2.05, 4.69) is 5.32 Å². The molecule has 2 aliphatic heterocycles. The van der Waals surface area contributed by atoms with Gasteiger partial charge < -0.3 is 15.0 Å². The molecular weight excluding hydrogens is 204 g/mol. The van der Waals surface area contributed by atoms with Crippen LogP contribution in [0.1, 0.15) is 12.8 Å². The molecule has 0 unspecified atom stereocenters. The van der Waals surface area contributed by atoms with Gasteiger partial charge in [0.15, 0.2) is 0 Å². The molecule has 1 N–H and O–H groups in total. The number of nitrogens with zero attached hydrogens (tertiary/aromatic N) is 1. The molecule has 1 atom stereocenters. The maximum absolute atomic E-state index is 11.8. The molecule has 0 aromatic carbocycles. The Morgan fingerprint density at radius 1 is 1.36 bits per heavy atom. The fourth-order valence-corrected chi connectivity index (χ4v) is 1.86. The van der Waals surface area contributed by atoms with E-state index in [0.717, 1.165) is 45.6 Å². The lowest BCUT2D eigenvalue weighted by Gasteiger charge is -2.29. The summed E-state index contributed by atoms with van der Waals surface area (Å²) >= 11 is 0. The Kier molecular flexibility index (Phi) is 4.65. The molecule has 2 fully saturated rings. The number of hydrogen-bond acceptors (Lipinski definition) is 3. The van der Waals surface area contributed by atoms with Crippen LogP contribution in [-0.2, 0) is 9.53 Å². The molecule has 82 valence electrons. The molecule has 5 heteroatoms. The molecule has 2 rings (SSSR count). The monoisotopic (exact) mass is 220 g/mol. The average molecular weight is 221 g/mol. The van der Waals surface area contributed by atoms with E-state index in [1.807, 2.05) is 4.90 Å². The quantitative estimate of drug-likeness (QED) is 0.678. The summed E-state index contributed by atoms with van der Waals surface area (Å²) < 4.78 is 5.36. The van der Waals surface area contributed by atoms with Gasteiger partial charge >= 0.3 is 0 Å². The van der Waals surface area contributed by atoms with Gasteiger partial charge in [-0.1, -0.05) is 0 Å². The lowest BCUT2D eigenvalue weighted by Crippen LogP contribution is -2.49. The highest BCUT2D eigenvalue weighted by Gasteiger charge is 2.28. The standard InChI is InChI=1S/C9H16N2O2.ClH/c12-9(8-2-1-7-13-8)11-5-3-10-4-6-11;/h8,10H,1-7H2;1H/t8-;/m1./s1. The van der Waals surface area contributed by atoms with Gasteiger partial charge in [-0.05, 0) is 12.8 Å². The smallest absolute Gasteiger partial charge is 0.251 e. The minimum atomic E-state index is -0.141. The Labute approximate surface area is 90.4 Å². The predicted octanol–water partition coefficient (Wildman–Crippen LogP) is 0.0190. The second-order valence-corrected chi connectivity index (χ2v) is 3.58. The number of ether oxygens (including phenoxy) is 1. The molecule has 0 saturated carbocycles. The zero-order valence-corrected chi connectivity index (χ0v) is 9.02. The zero-order chi connectivity index (χ0) is 9.10. The predicted molar refractivity (Wildman–Crippen MR) is 55.7 cm³/mol. The first-order chi connectivity index (χ1) is 6.38. The maximum atomic E-state index is 11.8. The van der Waals surface area contributed by atoms with Crippen LogP contribution < -0.4 is 5.32 Å². The molecule has 2 aliphatic rings. The number of nitrogens with one attached hydrogen (secondary N) is 1. The van der Waals surface area contributed by atoms with Gasteiger partial charge in [-0.25, -0.2) is 0 Å². The van der Waals surface area contributed by atoms with Crippen molar-refractivity contribution in [2.45, 2.75) is 18.9 Å². The van der Waals surface area contributed by atoms with Crippen LogP contribution in [0.15, 0.2) is 0 Å². The summed E-state index contributed by atoms with van der Waals surface area (Å²) in [4.78, 5) is 13.7. The number of piperazine rings is 1. The lowest BCUT2D eigenvalue weighted by atomic mass is 10.2. The second kappa shape index (κ2) is 5.53. The molecule has 0 aliphatic carbocycles. The van der Waals surface area contributed by atoms with Crippen molar-refractivity contribution in [3.05, 3.63) is 0 Å². The second-order valence-electron chi connectivity index (χ2n) is 3.58. The van der Waals surface area contributed by atoms with Crippen LogP contribution in [0, 0.1) is 0 Å². The van der Waals surface area contributed by atoms with E-state index in [9.17, 15) is 4.79 Å². The number of carbonyl (C=O) groups is 1. The number of hydrogen-bond donors (Lipinski definition) is 1. The van der Waals surface area contributed by atoms with Crippen LogP contribution in [0.3, 0.4) is 0 Å². The number of halogens is 1. The van der Waals surface area contributed by atoms with Crippen LogP contribution >= 0.6 is 12.4 Å². The highest BCUT2D eigenvalue weighted by atomic mass is 35.5. The van der Waals surface area contributed by atoms with Crippen molar-refractivity contribution in [3.8, 4) is 0 Å². The number of rotatable bonds is 1. The molecule has 0 bridgehead atoms. The van der Waals surface area contributed by atoms with Crippen molar-refractivity contribution < 1.29 is 9.53 Å². The Morgan fingerprint density at radius 3 is 2.64 bits per heavy atom. The third-order valence-electron chi connectivity index (χ3n) is 2.63. The summed E-state index contributed by atoms with van der Waals surface area (Å²) in [6, 6.07) is 0. The van der Waals surface area contributed by atoms with Crippen molar-refractivity contribution in [1.29, 1.82) is 0 Å². The first-order valence-corrected chi connectivity index (χ1v) is 4.99. The Morgan fingerprint density at radius 2 is 2.07 bits per heavy atom. The van der Waals surface area contributed by atoms with Crippen molar-refractivity contribution in [2.24, 2.45) is 0 Å². The minimum Gasteiger partial charge on any atom is -0.368 e. The van der Waals surface area contributed by atoms with E-state index in [1.165, 1.54) is 0 Å². The van der Waals surface area contributed by atoms with Gasteiger partial charge in [-0.3, -0.25) is 4.79 Å². The van der Waals surface area contributed by atoms with E-state index in [1.54, 1.807) is 0 Å². The molecule has 14 heavy (non-hydrogen) atoms. The van der Waals surface area contributed by atoms with E-state index >= 15 is 0 Å². The molecule has 1 amide bonds. The summed E-state index contributed by atoms with van der Waals surface area (Å²) in [5, 5.41) is 3.23. The molecule has 0 aromatic heterocycles. The third kappa shape index (κ3) is 2.59. The fourth-order valence-electron chi connectivity index (χ4n) is 1.86. The summed E-state index contributed by atoms with van der Waals surface area (Å²) in [6.45, 7) is 4.25. The summed E-state index contributed by atoms with van der Waals surface area (Å²) in [5.41, 5.74) is 0. The van der Waals surface area contributed by atoms with Crippen LogP contribution in [0.4, 0.5) is 0 Å². The Bertz CT molecular complexity index is 189. The molecule has 2 heterocycles. The van der Waals surface area contributed by atoms with Crippen LogP contribution in [0.2, 0.25) is 0 Å². The van der Waals surface area contributed by atoms with Crippen molar-refractivity contribution in [3.63, 3.8) is 0 Å². The molecule has 0 aromatic rings.